The fraction of sp³-hybridized carbons (Fsp3) is 0.952. The summed E-state index contributed by atoms with van der Waals surface area (Å²) in [6, 6.07) is 0. The molecule has 2 unspecified atom stereocenters. The Hall–Kier alpha value is -1.94. The first-order chi connectivity index (χ1) is 49.9. The van der Waals surface area contributed by atoms with E-state index in [4.69, 9.17) is 37.0 Å². The monoisotopic (exact) mass is 1510 g/mol. The molecule has 0 radical (unpaired) electrons. The molecule has 0 heterocycles. The first-order valence-corrected chi connectivity index (χ1v) is 46.5. The molecule has 0 aliphatic rings. The lowest BCUT2D eigenvalue weighted by molar-refractivity contribution is -0.161. The summed E-state index contributed by atoms with van der Waals surface area (Å²) < 4.78 is 68.9. The van der Waals surface area contributed by atoms with Crippen LogP contribution in [0.4, 0.5) is 0 Å². The van der Waals surface area contributed by atoms with Gasteiger partial charge in [-0.15, -0.1) is 0 Å². The van der Waals surface area contributed by atoms with E-state index in [1.54, 1.807) is 0 Å². The molecule has 0 saturated carbocycles. The van der Waals surface area contributed by atoms with Gasteiger partial charge in [-0.05, 0) is 37.5 Å². The molecule has 0 fully saturated rings. The zero-order valence-corrected chi connectivity index (χ0v) is 69.4. The van der Waals surface area contributed by atoms with Crippen molar-refractivity contribution in [3.05, 3.63) is 0 Å². The van der Waals surface area contributed by atoms with Gasteiger partial charge in [0.05, 0.1) is 26.4 Å². The maximum Gasteiger partial charge on any atom is 0.472 e. The highest BCUT2D eigenvalue weighted by atomic mass is 31.2. The van der Waals surface area contributed by atoms with E-state index in [1.807, 2.05) is 0 Å². The van der Waals surface area contributed by atoms with Gasteiger partial charge < -0.3 is 33.8 Å². The fourth-order valence-corrected chi connectivity index (χ4v) is 14.6. The van der Waals surface area contributed by atoms with Crippen molar-refractivity contribution < 1.29 is 80.2 Å². The Bertz CT molecular complexity index is 1980. The Morgan fingerprint density at radius 2 is 0.447 bits per heavy atom. The first-order valence-electron chi connectivity index (χ1n) is 43.5. The molecule has 0 aliphatic heterocycles. The number of aliphatic hydroxyl groups excluding tert-OH is 1. The van der Waals surface area contributed by atoms with Crippen LogP contribution in [-0.4, -0.2) is 96.7 Å². The molecule has 0 aliphatic carbocycles. The Balaban J connectivity index is 5.26. The highest BCUT2D eigenvalue weighted by molar-refractivity contribution is 7.47. The summed E-state index contributed by atoms with van der Waals surface area (Å²) >= 11 is 0. The number of hydrogen-bond donors (Lipinski definition) is 3. The minimum Gasteiger partial charge on any atom is -0.462 e. The number of aliphatic hydroxyl groups is 1. The average Bonchev–Trinajstić information content (AvgIpc) is 0.918. The molecule has 0 bridgehead atoms. The van der Waals surface area contributed by atoms with Crippen molar-refractivity contribution >= 4 is 39.5 Å². The van der Waals surface area contributed by atoms with Crippen LogP contribution in [-0.2, 0) is 65.4 Å². The van der Waals surface area contributed by atoms with Crippen LogP contribution < -0.4 is 0 Å². The molecule has 5 atom stereocenters. The summed E-state index contributed by atoms with van der Waals surface area (Å²) in [7, 11) is -9.93. The summed E-state index contributed by atoms with van der Waals surface area (Å²) in [5.74, 6) is -0.501. The van der Waals surface area contributed by atoms with Gasteiger partial charge in [-0.25, -0.2) is 9.13 Å². The lowest BCUT2D eigenvalue weighted by Gasteiger charge is -2.21. The van der Waals surface area contributed by atoms with Crippen LogP contribution in [0.2, 0.25) is 0 Å². The van der Waals surface area contributed by atoms with Gasteiger partial charge >= 0.3 is 39.5 Å². The van der Waals surface area contributed by atoms with Crippen LogP contribution in [0.1, 0.15) is 446 Å². The lowest BCUT2D eigenvalue weighted by Crippen LogP contribution is -2.30. The molecule has 0 aromatic heterocycles. The molecule has 19 heteroatoms. The van der Waals surface area contributed by atoms with Crippen molar-refractivity contribution in [3.63, 3.8) is 0 Å². The minimum absolute atomic E-state index is 0.108. The van der Waals surface area contributed by atoms with Gasteiger partial charge in [-0.2, -0.15) is 0 Å². The van der Waals surface area contributed by atoms with Crippen LogP contribution >= 0.6 is 15.6 Å². The molecule has 17 nitrogen and oxygen atoms in total. The Morgan fingerprint density at radius 1 is 0.262 bits per heavy atom. The molecule has 103 heavy (non-hydrogen) atoms. The third-order valence-corrected chi connectivity index (χ3v) is 21.6. The number of phosphoric ester groups is 2. The van der Waals surface area contributed by atoms with Crippen molar-refractivity contribution in [2.24, 2.45) is 11.8 Å². The van der Waals surface area contributed by atoms with Gasteiger partial charge in [0, 0.05) is 25.7 Å². The highest BCUT2D eigenvalue weighted by Gasteiger charge is 2.30. The number of hydrogen-bond acceptors (Lipinski definition) is 15. The molecule has 0 aromatic rings. The van der Waals surface area contributed by atoms with E-state index in [1.165, 1.54) is 263 Å². The van der Waals surface area contributed by atoms with Gasteiger partial charge in [-0.3, -0.25) is 37.3 Å². The summed E-state index contributed by atoms with van der Waals surface area (Å²) in [4.78, 5) is 73.2. The van der Waals surface area contributed by atoms with Crippen molar-refractivity contribution in [2.75, 3.05) is 39.6 Å². The largest absolute Gasteiger partial charge is 0.472 e. The second-order valence-corrected chi connectivity index (χ2v) is 34.1. The normalized spacial score (nSPS) is 13.9. The van der Waals surface area contributed by atoms with Crippen LogP contribution in [0.3, 0.4) is 0 Å². The zero-order valence-electron chi connectivity index (χ0n) is 67.6. The molecule has 0 amide bonds. The van der Waals surface area contributed by atoms with E-state index in [0.29, 0.717) is 25.7 Å². The molecule has 0 saturated heterocycles. The number of phosphoric acid groups is 2. The predicted octanol–water partition coefficient (Wildman–Crippen LogP) is 25.5. The number of carbonyl (C=O) groups is 4. The van der Waals surface area contributed by atoms with Crippen molar-refractivity contribution in [2.45, 2.75) is 464 Å². The van der Waals surface area contributed by atoms with Gasteiger partial charge in [0.25, 0.3) is 0 Å². The van der Waals surface area contributed by atoms with E-state index in [2.05, 4.69) is 41.5 Å². The Morgan fingerprint density at radius 3 is 0.660 bits per heavy atom. The van der Waals surface area contributed by atoms with E-state index in [0.717, 1.165) is 102 Å². The summed E-state index contributed by atoms with van der Waals surface area (Å²) in [6.45, 7) is 9.71. The summed E-state index contributed by atoms with van der Waals surface area (Å²) in [5, 5.41) is 10.7. The molecular weight excluding hydrogens is 1340 g/mol. The van der Waals surface area contributed by atoms with Crippen molar-refractivity contribution in [1.82, 2.24) is 0 Å². The minimum atomic E-state index is -4.96. The molecule has 3 N–H and O–H groups in total. The van der Waals surface area contributed by atoms with Gasteiger partial charge in [0.15, 0.2) is 12.2 Å². The lowest BCUT2D eigenvalue weighted by atomic mass is 10.0. The summed E-state index contributed by atoms with van der Waals surface area (Å²) in [6.07, 6.45) is 66.4. The first kappa shape index (κ1) is 101. The van der Waals surface area contributed by atoms with Crippen molar-refractivity contribution in [3.8, 4) is 0 Å². The maximum absolute atomic E-state index is 13.1. The predicted molar refractivity (Wildman–Crippen MR) is 423 cm³/mol. The molecule has 612 valence electrons. The Kier molecular flexibility index (Phi) is 74.1. The Labute approximate surface area is 632 Å². The molecule has 0 aromatic carbocycles. The summed E-state index contributed by atoms with van der Waals surface area (Å²) in [5.41, 5.74) is 0. The van der Waals surface area contributed by atoms with E-state index in [-0.39, 0.29) is 25.7 Å². The standard InChI is InChI=1S/C84H164O17P2/c1-7-9-11-13-15-17-19-21-22-26-31-38-44-50-56-62-68-83(88)100-79(72-94-81(86)66-60-54-48-42-36-20-18-16-14-12-10-8-2)74-98-102(90,91)96-70-78(85)71-97-103(92,93)99-75-80(73-95-82(87)67-61-55-49-43-37-33-28-30-35-41-47-53-59-65-77(5)6)101-84(89)69-63-57-51-45-39-32-27-24-23-25-29-34-40-46-52-58-64-76(3)4/h76-80,85H,7-75H2,1-6H3,(H,90,91)(H,92,93)/t78-,79+,80+/m0/s1. The number of carbonyl (C=O) groups excluding carboxylic acids is 4. The number of unbranched alkanes of at least 4 members (excludes halogenated alkanes) is 53. The van der Waals surface area contributed by atoms with Gasteiger partial charge in [0.1, 0.15) is 19.3 Å². The maximum atomic E-state index is 13.1. The quantitative estimate of drug-likeness (QED) is 0.0222. The third kappa shape index (κ3) is 78.0. The zero-order chi connectivity index (χ0) is 75.6. The second kappa shape index (κ2) is 75.5. The van der Waals surface area contributed by atoms with Crippen molar-refractivity contribution in [1.29, 1.82) is 0 Å². The van der Waals surface area contributed by atoms with Gasteiger partial charge in [0.2, 0.25) is 0 Å². The number of esters is 4. The van der Waals surface area contributed by atoms with E-state index >= 15 is 0 Å². The molecular formula is C84H164O17P2. The van der Waals surface area contributed by atoms with E-state index < -0.39 is 97.5 Å². The molecule has 0 spiro atoms. The smallest absolute Gasteiger partial charge is 0.462 e. The van der Waals surface area contributed by atoms with Crippen LogP contribution in [0.5, 0.6) is 0 Å². The van der Waals surface area contributed by atoms with E-state index in [9.17, 15) is 43.2 Å². The van der Waals surface area contributed by atoms with Gasteiger partial charge in [-0.1, -0.05) is 395 Å². The second-order valence-electron chi connectivity index (χ2n) is 31.2. The van der Waals surface area contributed by atoms with Crippen LogP contribution in [0, 0.1) is 11.8 Å². The topological polar surface area (TPSA) is 237 Å². The van der Waals surface area contributed by atoms with Crippen LogP contribution in [0.15, 0.2) is 0 Å². The highest BCUT2D eigenvalue weighted by Crippen LogP contribution is 2.45. The average molecular weight is 1510 g/mol. The van der Waals surface area contributed by atoms with Crippen LogP contribution in [0.25, 0.3) is 0 Å². The third-order valence-electron chi connectivity index (χ3n) is 19.7. The SMILES string of the molecule is CCCCCCCCCCCCCCCCCCC(=O)O[C@H](COC(=O)CCCCCCCCCCCCCC)COP(=O)(O)OC[C@H](O)COP(=O)(O)OC[C@@H](COC(=O)CCCCCCCCCCCCCCCC(C)C)OC(=O)CCCCCCCCCCCCCCCCCCC(C)C. The fourth-order valence-electron chi connectivity index (χ4n) is 13.1. The number of ether oxygens (including phenoxy) is 4. The number of rotatable bonds is 83. The molecule has 0 rings (SSSR count).